The van der Waals surface area contributed by atoms with E-state index in [1.807, 2.05) is 24.3 Å². The van der Waals surface area contributed by atoms with Gasteiger partial charge in [-0.3, -0.25) is 4.99 Å². The lowest BCUT2D eigenvalue weighted by Crippen LogP contribution is -2.29. The van der Waals surface area contributed by atoms with Crippen LogP contribution in [0.2, 0.25) is 0 Å². The molecule has 0 bridgehead atoms. The Bertz CT molecular complexity index is 522. The monoisotopic (exact) mass is 325 g/mol. The van der Waals surface area contributed by atoms with Crippen LogP contribution in [0.3, 0.4) is 0 Å². The van der Waals surface area contributed by atoms with Crippen LogP contribution in [0.1, 0.15) is 18.4 Å². The largest absolute Gasteiger partial charge is 0.467 e. The lowest BCUT2D eigenvalue weighted by molar-refractivity contribution is -0.142. The van der Waals surface area contributed by atoms with Crippen LogP contribution in [0.5, 0.6) is 0 Å². The van der Waals surface area contributed by atoms with Crippen LogP contribution in [0.4, 0.5) is 0 Å². The van der Waals surface area contributed by atoms with Gasteiger partial charge in [-0.15, -0.1) is 0 Å². The van der Waals surface area contributed by atoms with Gasteiger partial charge >= 0.3 is 5.97 Å². The van der Waals surface area contributed by atoms with E-state index >= 15 is 0 Å². The molecule has 3 rings (SSSR count). The van der Waals surface area contributed by atoms with E-state index in [4.69, 9.17) is 4.74 Å². The number of methoxy groups -OCH3 is 1. The van der Waals surface area contributed by atoms with Gasteiger partial charge in [0.25, 0.3) is 0 Å². The molecule has 5 heteroatoms. The number of ether oxygens (including phenoxy) is 1. The molecule has 0 saturated heterocycles. The van der Waals surface area contributed by atoms with Gasteiger partial charge in [0.15, 0.2) is 6.04 Å². The highest BCUT2D eigenvalue weighted by molar-refractivity contribution is 9.10. The average Bonchev–Trinajstić information content (AvgIpc) is 3.03. The van der Waals surface area contributed by atoms with E-state index in [1.54, 1.807) is 11.8 Å². The minimum atomic E-state index is -0.328. The van der Waals surface area contributed by atoms with Gasteiger partial charge in [0, 0.05) is 10.0 Å². The van der Waals surface area contributed by atoms with Crippen LogP contribution in [0, 0.1) is 0 Å². The predicted octanol–water partition coefficient (Wildman–Crippen LogP) is 3.02. The average molecular weight is 326 g/mol. The van der Waals surface area contributed by atoms with Crippen molar-refractivity contribution in [2.75, 3.05) is 7.11 Å². The fraction of sp³-hybridized carbons (Fsp3) is 0.385. The van der Waals surface area contributed by atoms with Gasteiger partial charge in [-0.05, 0) is 25.0 Å². The van der Waals surface area contributed by atoms with Crippen LogP contribution in [0.15, 0.2) is 33.7 Å². The van der Waals surface area contributed by atoms with Crippen LogP contribution < -0.4 is 0 Å². The summed E-state index contributed by atoms with van der Waals surface area (Å²) in [6, 6.07) is 7.69. The van der Waals surface area contributed by atoms with Crippen molar-refractivity contribution in [1.82, 2.24) is 0 Å². The molecule has 1 aliphatic heterocycles. The van der Waals surface area contributed by atoms with Crippen molar-refractivity contribution >= 4 is 38.7 Å². The summed E-state index contributed by atoms with van der Waals surface area (Å²) in [5.74, 6) is -0.216. The first-order valence-corrected chi connectivity index (χ1v) is 7.36. The van der Waals surface area contributed by atoms with E-state index in [1.165, 1.54) is 7.11 Å². The number of rotatable bonds is 2. The summed E-state index contributed by atoms with van der Waals surface area (Å²) in [7, 11) is 1.43. The number of hydrogen-bond acceptors (Lipinski definition) is 4. The number of thioether (sulfide) groups is 1. The molecule has 0 N–H and O–H groups in total. The molecule has 1 heterocycles. The Balaban J connectivity index is 1.90. The standard InChI is InChI=1S/C13H12BrNO2S/c1-17-12(16)10-13(6-7-13)18-11(15-10)8-2-4-9(14)5-3-8/h2-5,10H,6-7H2,1H3. The summed E-state index contributed by atoms with van der Waals surface area (Å²) < 4.78 is 5.87. The maximum Gasteiger partial charge on any atom is 0.332 e. The Labute approximate surface area is 118 Å². The Morgan fingerprint density at radius 1 is 1.44 bits per heavy atom. The summed E-state index contributed by atoms with van der Waals surface area (Å²) in [5, 5.41) is 0.954. The number of hydrogen-bond donors (Lipinski definition) is 0. The highest BCUT2D eigenvalue weighted by Gasteiger charge is 2.58. The third kappa shape index (κ3) is 1.99. The van der Waals surface area contributed by atoms with Gasteiger partial charge in [-0.25, -0.2) is 4.79 Å². The summed E-state index contributed by atoms with van der Waals surface area (Å²) >= 11 is 5.14. The maximum atomic E-state index is 11.8. The second-order valence-corrected chi connectivity index (χ2v) is 6.85. The smallest absolute Gasteiger partial charge is 0.332 e. The van der Waals surface area contributed by atoms with Gasteiger partial charge in [-0.2, -0.15) is 0 Å². The van der Waals surface area contributed by atoms with Crippen LogP contribution >= 0.6 is 27.7 Å². The molecule has 0 radical (unpaired) electrons. The zero-order chi connectivity index (χ0) is 12.8. The maximum absolute atomic E-state index is 11.8. The van der Waals surface area contributed by atoms with E-state index in [9.17, 15) is 4.79 Å². The van der Waals surface area contributed by atoms with Crippen LogP contribution in [-0.4, -0.2) is 28.9 Å². The van der Waals surface area contributed by atoms with Crippen molar-refractivity contribution in [3.05, 3.63) is 34.3 Å². The number of carbonyl (C=O) groups is 1. The Hall–Kier alpha value is -0.810. The molecule has 18 heavy (non-hydrogen) atoms. The van der Waals surface area contributed by atoms with Crippen LogP contribution in [0.25, 0.3) is 0 Å². The van der Waals surface area contributed by atoms with Gasteiger partial charge in [0.1, 0.15) is 0 Å². The Kier molecular flexibility index (Phi) is 2.98. The molecular weight excluding hydrogens is 314 g/mol. The first kappa shape index (κ1) is 12.2. The van der Waals surface area contributed by atoms with E-state index in [2.05, 4.69) is 20.9 Å². The number of nitrogens with zero attached hydrogens (tertiary/aromatic N) is 1. The summed E-state index contributed by atoms with van der Waals surface area (Å²) in [6.45, 7) is 0. The van der Waals surface area contributed by atoms with Crippen LogP contribution in [-0.2, 0) is 9.53 Å². The number of halogens is 1. The van der Waals surface area contributed by atoms with E-state index in [0.717, 1.165) is 27.9 Å². The molecule has 94 valence electrons. The quantitative estimate of drug-likeness (QED) is 0.784. The molecule has 1 unspecified atom stereocenters. The predicted molar refractivity (Wildman–Crippen MR) is 76.0 cm³/mol. The first-order valence-electron chi connectivity index (χ1n) is 5.75. The lowest BCUT2D eigenvalue weighted by Gasteiger charge is -2.12. The van der Waals surface area contributed by atoms with Crippen molar-refractivity contribution in [2.24, 2.45) is 4.99 Å². The zero-order valence-corrected chi connectivity index (χ0v) is 12.3. The minimum Gasteiger partial charge on any atom is -0.467 e. The Morgan fingerprint density at radius 2 is 2.11 bits per heavy atom. The second kappa shape index (κ2) is 4.38. The van der Waals surface area contributed by atoms with Crippen molar-refractivity contribution in [2.45, 2.75) is 23.6 Å². The van der Waals surface area contributed by atoms with Crippen molar-refractivity contribution in [3.8, 4) is 0 Å². The van der Waals surface area contributed by atoms with E-state index in [-0.39, 0.29) is 16.8 Å². The van der Waals surface area contributed by atoms with Crippen molar-refractivity contribution in [3.63, 3.8) is 0 Å². The van der Waals surface area contributed by atoms with Crippen molar-refractivity contribution < 1.29 is 9.53 Å². The molecule has 0 amide bonds. The van der Waals surface area contributed by atoms with Gasteiger partial charge in [-0.1, -0.05) is 39.8 Å². The number of carbonyl (C=O) groups excluding carboxylic acids is 1. The lowest BCUT2D eigenvalue weighted by atomic mass is 10.2. The third-order valence-electron chi connectivity index (χ3n) is 3.30. The molecule has 1 aromatic rings. The molecule has 1 atom stereocenters. The number of aliphatic imine (C=N–C) groups is 1. The topological polar surface area (TPSA) is 38.7 Å². The summed E-state index contributed by atoms with van der Waals surface area (Å²) in [6.07, 6.45) is 2.09. The van der Waals surface area contributed by atoms with Crippen molar-refractivity contribution in [1.29, 1.82) is 0 Å². The summed E-state index contributed by atoms with van der Waals surface area (Å²) in [4.78, 5) is 16.3. The number of esters is 1. The van der Waals surface area contributed by atoms with E-state index in [0.29, 0.717) is 0 Å². The molecule has 1 saturated carbocycles. The second-order valence-electron chi connectivity index (χ2n) is 4.53. The van der Waals surface area contributed by atoms with Gasteiger partial charge < -0.3 is 4.74 Å². The molecular formula is C13H12BrNO2S. The molecule has 0 aromatic heterocycles. The molecule has 3 nitrogen and oxygen atoms in total. The SMILES string of the molecule is COC(=O)C1N=C(c2ccc(Br)cc2)SC12CC2. The zero-order valence-electron chi connectivity index (χ0n) is 9.85. The number of benzene rings is 1. The first-order chi connectivity index (χ1) is 8.64. The molecule has 1 fully saturated rings. The molecule has 1 spiro atoms. The van der Waals surface area contributed by atoms with Gasteiger partial charge in [0.05, 0.1) is 16.9 Å². The van der Waals surface area contributed by atoms with Gasteiger partial charge in [0.2, 0.25) is 0 Å². The fourth-order valence-corrected chi connectivity index (χ4v) is 3.74. The summed E-state index contributed by atoms with van der Waals surface area (Å²) in [5.41, 5.74) is 1.07. The highest BCUT2D eigenvalue weighted by Crippen LogP contribution is 2.57. The minimum absolute atomic E-state index is 0.0184. The molecule has 1 aliphatic carbocycles. The van der Waals surface area contributed by atoms with E-state index < -0.39 is 0 Å². The molecule has 1 aromatic carbocycles. The molecule has 2 aliphatic rings. The highest BCUT2D eigenvalue weighted by atomic mass is 79.9. The third-order valence-corrected chi connectivity index (χ3v) is 5.40. The Morgan fingerprint density at radius 3 is 2.67 bits per heavy atom. The fourth-order valence-electron chi connectivity index (χ4n) is 2.11. The normalized spacial score (nSPS) is 23.9.